The molecule has 1 aromatic carbocycles. The van der Waals surface area contributed by atoms with Crippen LogP contribution >= 0.6 is 0 Å². The van der Waals surface area contributed by atoms with Gasteiger partial charge in [0.2, 0.25) is 0 Å². The van der Waals surface area contributed by atoms with E-state index in [2.05, 4.69) is 10.3 Å². The van der Waals surface area contributed by atoms with Gasteiger partial charge in [0.1, 0.15) is 11.5 Å². The van der Waals surface area contributed by atoms with E-state index >= 15 is 0 Å². The van der Waals surface area contributed by atoms with Crippen molar-refractivity contribution in [2.75, 3.05) is 13.3 Å². The van der Waals surface area contributed by atoms with Crippen LogP contribution in [0.25, 0.3) is 0 Å². The number of nitrogens with zero attached hydrogens (tertiary/aromatic N) is 1. The molecule has 1 atom stereocenters. The number of ether oxygens (including phenoxy) is 1. The number of benzene rings is 1. The van der Waals surface area contributed by atoms with Crippen LogP contribution in [0.5, 0.6) is 11.5 Å². The van der Waals surface area contributed by atoms with E-state index in [4.69, 9.17) is 4.74 Å². The maximum absolute atomic E-state index is 11.4. The molecule has 0 saturated carbocycles. The van der Waals surface area contributed by atoms with Gasteiger partial charge in [0.25, 0.3) is 0 Å². The van der Waals surface area contributed by atoms with Crippen LogP contribution in [0.15, 0.2) is 47.5 Å². The van der Waals surface area contributed by atoms with Crippen LogP contribution in [-0.2, 0) is 9.84 Å². The summed E-state index contributed by atoms with van der Waals surface area (Å²) >= 11 is 0. The molecule has 2 aromatic rings. The largest absolute Gasteiger partial charge is 0.456 e. The number of pyridine rings is 1. The fourth-order valence-electron chi connectivity index (χ4n) is 1.75. The smallest absolute Gasteiger partial charge is 0.175 e. The van der Waals surface area contributed by atoms with Gasteiger partial charge < -0.3 is 10.1 Å². The topological polar surface area (TPSA) is 68.3 Å². The van der Waals surface area contributed by atoms with Gasteiger partial charge in [-0.25, -0.2) is 8.42 Å². The van der Waals surface area contributed by atoms with E-state index in [9.17, 15) is 8.42 Å². The molecule has 1 unspecified atom stereocenters. The summed E-state index contributed by atoms with van der Waals surface area (Å²) in [6.45, 7) is 2.02. The molecule has 0 aliphatic carbocycles. The summed E-state index contributed by atoms with van der Waals surface area (Å²) in [6, 6.07) is 10.2. The molecule has 2 rings (SSSR count). The third-order valence-corrected chi connectivity index (χ3v) is 4.25. The Balaban J connectivity index is 2.11. The van der Waals surface area contributed by atoms with Crippen LogP contribution in [0.3, 0.4) is 0 Å². The summed E-state index contributed by atoms with van der Waals surface area (Å²) < 4.78 is 28.4. The summed E-state index contributed by atoms with van der Waals surface area (Å²) in [4.78, 5) is 4.59. The van der Waals surface area contributed by atoms with Crippen LogP contribution in [0, 0.1) is 0 Å². The van der Waals surface area contributed by atoms with Crippen molar-refractivity contribution in [2.24, 2.45) is 0 Å². The van der Waals surface area contributed by atoms with E-state index < -0.39 is 9.84 Å². The number of hydrogen-bond donors (Lipinski definition) is 1. The Morgan fingerprint density at radius 1 is 1.10 bits per heavy atom. The first kappa shape index (κ1) is 15.5. The fourth-order valence-corrected chi connectivity index (χ4v) is 2.38. The van der Waals surface area contributed by atoms with E-state index in [0.717, 1.165) is 5.69 Å². The van der Waals surface area contributed by atoms with Gasteiger partial charge in [0.15, 0.2) is 9.84 Å². The second kappa shape index (κ2) is 6.24. The van der Waals surface area contributed by atoms with Gasteiger partial charge in [-0.15, -0.1) is 0 Å². The quantitative estimate of drug-likeness (QED) is 0.919. The Hall–Kier alpha value is -1.92. The zero-order valence-electron chi connectivity index (χ0n) is 12.2. The highest BCUT2D eigenvalue weighted by molar-refractivity contribution is 7.90. The van der Waals surface area contributed by atoms with Crippen molar-refractivity contribution < 1.29 is 13.2 Å². The molecule has 1 heterocycles. The zero-order valence-corrected chi connectivity index (χ0v) is 13.0. The van der Waals surface area contributed by atoms with Gasteiger partial charge in [-0.3, -0.25) is 4.98 Å². The third kappa shape index (κ3) is 4.03. The second-order valence-electron chi connectivity index (χ2n) is 4.77. The predicted molar refractivity (Wildman–Crippen MR) is 81.3 cm³/mol. The number of aromatic nitrogens is 1. The lowest BCUT2D eigenvalue weighted by atomic mass is 10.2. The van der Waals surface area contributed by atoms with E-state index in [-0.39, 0.29) is 10.9 Å². The minimum absolute atomic E-state index is 0.174. The van der Waals surface area contributed by atoms with Crippen LogP contribution in [-0.4, -0.2) is 26.7 Å². The molecule has 21 heavy (non-hydrogen) atoms. The Kier molecular flexibility index (Phi) is 4.59. The van der Waals surface area contributed by atoms with Crippen LogP contribution in [0.4, 0.5) is 0 Å². The van der Waals surface area contributed by atoms with E-state index in [1.54, 1.807) is 18.3 Å². The fraction of sp³-hybridized carbons (Fsp3) is 0.267. The zero-order chi connectivity index (χ0) is 15.5. The Bertz CT molecular complexity index is 695. The summed E-state index contributed by atoms with van der Waals surface area (Å²) in [5, 5.41) is 3.11. The van der Waals surface area contributed by atoms with Crippen LogP contribution < -0.4 is 10.1 Å². The molecule has 0 fully saturated rings. The molecule has 1 aromatic heterocycles. The Morgan fingerprint density at radius 2 is 1.71 bits per heavy atom. The normalized spacial score (nSPS) is 12.9. The number of hydrogen-bond acceptors (Lipinski definition) is 5. The van der Waals surface area contributed by atoms with E-state index in [1.165, 1.54) is 18.4 Å². The van der Waals surface area contributed by atoms with Gasteiger partial charge in [-0.1, -0.05) is 0 Å². The van der Waals surface area contributed by atoms with Crippen molar-refractivity contribution in [1.82, 2.24) is 10.3 Å². The molecule has 6 heteroatoms. The van der Waals surface area contributed by atoms with Gasteiger partial charge >= 0.3 is 0 Å². The monoisotopic (exact) mass is 306 g/mol. The average molecular weight is 306 g/mol. The van der Waals surface area contributed by atoms with Gasteiger partial charge in [-0.05, 0) is 50.4 Å². The lowest BCUT2D eigenvalue weighted by molar-refractivity contribution is 0.478. The number of sulfone groups is 1. The van der Waals surface area contributed by atoms with E-state index in [0.29, 0.717) is 11.5 Å². The van der Waals surface area contributed by atoms with Crippen molar-refractivity contribution in [3.63, 3.8) is 0 Å². The SMILES string of the molecule is CNC(C)c1ccc(Oc2ccc(S(C)(=O)=O)cc2)cn1. The summed E-state index contributed by atoms with van der Waals surface area (Å²) in [7, 11) is -1.31. The highest BCUT2D eigenvalue weighted by Crippen LogP contribution is 2.23. The lowest BCUT2D eigenvalue weighted by Crippen LogP contribution is -2.13. The standard InChI is InChI=1S/C15H18N2O3S/c1-11(16-2)15-9-6-13(10-17-15)20-12-4-7-14(8-5-12)21(3,18)19/h4-11,16H,1-3H3. The molecule has 0 aliphatic rings. The van der Waals surface area contributed by atoms with Crippen molar-refractivity contribution in [2.45, 2.75) is 17.9 Å². The Morgan fingerprint density at radius 3 is 2.19 bits per heavy atom. The molecule has 0 aliphatic heterocycles. The van der Waals surface area contributed by atoms with E-state index in [1.807, 2.05) is 26.1 Å². The third-order valence-electron chi connectivity index (χ3n) is 3.12. The van der Waals surface area contributed by atoms with Crippen molar-refractivity contribution in [3.8, 4) is 11.5 Å². The molecular weight excluding hydrogens is 288 g/mol. The molecule has 0 amide bonds. The minimum atomic E-state index is -3.19. The summed E-state index contributed by atoms with van der Waals surface area (Å²) in [5.74, 6) is 1.17. The first-order valence-corrected chi connectivity index (χ1v) is 8.40. The first-order valence-electron chi connectivity index (χ1n) is 6.51. The number of nitrogens with one attached hydrogen (secondary N) is 1. The van der Waals surface area contributed by atoms with Crippen molar-refractivity contribution in [3.05, 3.63) is 48.3 Å². The highest BCUT2D eigenvalue weighted by Gasteiger charge is 2.07. The van der Waals surface area contributed by atoms with Crippen molar-refractivity contribution >= 4 is 9.84 Å². The number of rotatable bonds is 5. The predicted octanol–water partition coefficient (Wildman–Crippen LogP) is 2.56. The first-order chi connectivity index (χ1) is 9.90. The molecule has 0 radical (unpaired) electrons. The second-order valence-corrected chi connectivity index (χ2v) is 6.79. The van der Waals surface area contributed by atoms with Gasteiger partial charge in [0, 0.05) is 12.3 Å². The summed E-state index contributed by atoms with van der Waals surface area (Å²) in [5.41, 5.74) is 0.928. The molecule has 1 N–H and O–H groups in total. The Labute approximate surface area is 124 Å². The van der Waals surface area contributed by atoms with Crippen LogP contribution in [0.2, 0.25) is 0 Å². The van der Waals surface area contributed by atoms with Crippen molar-refractivity contribution in [1.29, 1.82) is 0 Å². The molecule has 0 bridgehead atoms. The summed E-state index contributed by atoms with van der Waals surface area (Å²) in [6.07, 6.45) is 2.82. The minimum Gasteiger partial charge on any atom is -0.456 e. The highest BCUT2D eigenvalue weighted by atomic mass is 32.2. The lowest BCUT2D eigenvalue weighted by Gasteiger charge is -2.10. The maximum Gasteiger partial charge on any atom is 0.175 e. The van der Waals surface area contributed by atoms with Gasteiger partial charge in [-0.2, -0.15) is 0 Å². The molecule has 0 spiro atoms. The molecular formula is C15H18N2O3S. The van der Waals surface area contributed by atoms with Gasteiger partial charge in [0.05, 0.1) is 16.8 Å². The molecule has 0 saturated heterocycles. The maximum atomic E-state index is 11.4. The van der Waals surface area contributed by atoms with Crippen LogP contribution in [0.1, 0.15) is 18.7 Å². The molecule has 5 nitrogen and oxygen atoms in total. The molecule has 112 valence electrons. The average Bonchev–Trinajstić information content (AvgIpc) is 2.47.